The van der Waals surface area contributed by atoms with Crippen molar-refractivity contribution in [2.75, 3.05) is 0 Å². The number of carbonyl (C=O) groups excluding carboxylic acids is 1. The van der Waals surface area contributed by atoms with Gasteiger partial charge in [-0.3, -0.25) is 0 Å². The van der Waals surface area contributed by atoms with Gasteiger partial charge in [0.1, 0.15) is 6.10 Å². The number of fused-ring (bicyclic) bond motifs is 1. The van der Waals surface area contributed by atoms with Crippen molar-refractivity contribution in [2.45, 2.75) is 72.3 Å². The second-order valence-electron chi connectivity index (χ2n) is 9.09. The molecule has 0 amide bonds. The Hall–Kier alpha value is -0.570. The molecule has 3 rings (SSSR count). The molecule has 0 aromatic carbocycles. The van der Waals surface area contributed by atoms with Crippen molar-refractivity contribution < 1.29 is 9.53 Å². The lowest BCUT2D eigenvalue weighted by molar-refractivity contribution is -0.140. The van der Waals surface area contributed by atoms with E-state index in [1.54, 1.807) is 5.57 Å². The van der Waals surface area contributed by atoms with E-state index >= 15 is 0 Å². The van der Waals surface area contributed by atoms with Gasteiger partial charge >= 0.3 is 5.97 Å². The van der Waals surface area contributed by atoms with Crippen molar-refractivity contribution in [3.05, 3.63) is 22.7 Å². The molecule has 1 saturated heterocycles. The van der Waals surface area contributed by atoms with Crippen molar-refractivity contribution in [1.82, 2.24) is 0 Å². The van der Waals surface area contributed by atoms with Gasteiger partial charge in [0.25, 0.3) is 0 Å². The fourth-order valence-corrected chi connectivity index (χ4v) is 6.34. The first kappa shape index (κ1) is 18.2. The molecule has 0 radical (unpaired) electrons. The molecular formula is C21H31BrO2. The first-order valence-corrected chi connectivity index (χ1v) is 10.3. The second kappa shape index (κ2) is 6.30. The highest BCUT2D eigenvalue weighted by molar-refractivity contribution is 9.11. The van der Waals surface area contributed by atoms with Crippen LogP contribution in [0.4, 0.5) is 0 Å². The summed E-state index contributed by atoms with van der Waals surface area (Å²) in [6.45, 7) is 13.0. The van der Waals surface area contributed by atoms with Crippen molar-refractivity contribution in [3.63, 3.8) is 0 Å². The summed E-state index contributed by atoms with van der Waals surface area (Å²) in [6.07, 6.45) is 7.42. The summed E-state index contributed by atoms with van der Waals surface area (Å²) in [5.41, 5.74) is 2.41. The fourth-order valence-electron chi connectivity index (χ4n) is 5.80. The van der Waals surface area contributed by atoms with E-state index in [0.29, 0.717) is 22.8 Å². The summed E-state index contributed by atoms with van der Waals surface area (Å²) < 4.78 is 5.67. The Morgan fingerprint density at radius 3 is 2.67 bits per heavy atom. The molecule has 1 aliphatic heterocycles. The van der Waals surface area contributed by atoms with Crippen LogP contribution in [0.1, 0.15) is 66.2 Å². The lowest BCUT2D eigenvalue weighted by Crippen LogP contribution is -2.38. The number of hydrogen-bond donors (Lipinski definition) is 0. The molecule has 0 spiro atoms. The van der Waals surface area contributed by atoms with Crippen molar-refractivity contribution in [2.24, 2.45) is 28.6 Å². The van der Waals surface area contributed by atoms with Crippen LogP contribution in [0.3, 0.4) is 0 Å². The van der Waals surface area contributed by atoms with Crippen LogP contribution in [0.5, 0.6) is 0 Å². The predicted molar refractivity (Wildman–Crippen MR) is 102 cm³/mol. The zero-order valence-corrected chi connectivity index (χ0v) is 17.1. The van der Waals surface area contributed by atoms with Gasteiger partial charge in [0, 0.05) is 11.0 Å². The van der Waals surface area contributed by atoms with E-state index in [2.05, 4.69) is 55.2 Å². The van der Waals surface area contributed by atoms with Crippen molar-refractivity contribution in [3.8, 4) is 0 Å². The Morgan fingerprint density at radius 1 is 1.38 bits per heavy atom. The molecule has 0 bridgehead atoms. The molecular weight excluding hydrogens is 364 g/mol. The summed E-state index contributed by atoms with van der Waals surface area (Å²) >= 11 is 3.60. The molecule has 0 unspecified atom stereocenters. The van der Waals surface area contributed by atoms with Crippen LogP contribution < -0.4 is 0 Å². The molecule has 5 atom stereocenters. The highest BCUT2D eigenvalue weighted by Gasteiger charge is 2.52. The number of hydrogen-bond acceptors (Lipinski definition) is 2. The topological polar surface area (TPSA) is 26.3 Å². The van der Waals surface area contributed by atoms with E-state index in [-0.39, 0.29) is 17.5 Å². The van der Waals surface area contributed by atoms with Gasteiger partial charge in [-0.25, -0.2) is 4.79 Å². The van der Waals surface area contributed by atoms with Crippen LogP contribution in [0.25, 0.3) is 0 Å². The molecule has 134 valence electrons. The zero-order chi connectivity index (χ0) is 17.7. The molecule has 3 aliphatic rings. The summed E-state index contributed by atoms with van der Waals surface area (Å²) in [5.74, 6) is 1.81. The van der Waals surface area contributed by atoms with Crippen LogP contribution in [0, 0.1) is 28.6 Å². The first-order valence-electron chi connectivity index (χ1n) is 9.41. The van der Waals surface area contributed by atoms with Gasteiger partial charge in [-0.1, -0.05) is 55.8 Å². The smallest absolute Gasteiger partial charge is 0.334 e. The standard InChI is InChI=1S/C21H31BrO2/c1-13(11-18-20(3,4)14(2)19(23)24-18)16-8-9-17-15(12-22)7-6-10-21(16,17)5/h12-13,16-18H,2,6-11H2,1,3-5H3/b15-12-/t13-,16-,17+,18+,21-/m1/s1. The third-order valence-electron chi connectivity index (χ3n) is 7.53. The quantitative estimate of drug-likeness (QED) is 0.432. The molecule has 1 heterocycles. The SMILES string of the molecule is C=C1C(=O)O[C@@H](C[C@@H](C)[C@H]2CC[C@H]3/C(=C\Br)CCC[C@]23C)C1(C)C. The number of rotatable bonds is 3. The number of allylic oxidation sites excluding steroid dienone is 1. The van der Waals surface area contributed by atoms with Crippen LogP contribution in [0.15, 0.2) is 22.7 Å². The number of esters is 1. The van der Waals surface area contributed by atoms with Crippen LogP contribution in [0.2, 0.25) is 0 Å². The maximum atomic E-state index is 11.9. The average Bonchev–Trinajstić information content (AvgIpc) is 2.97. The van der Waals surface area contributed by atoms with E-state index in [9.17, 15) is 4.79 Å². The first-order chi connectivity index (χ1) is 11.2. The van der Waals surface area contributed by atoms with E-state index in [1.165, 1.54) is 32.1 Å². The number of carbonyl (C=O) groups is 1. The van der Waals surface area contributed by atoms with Gasteiger partial charge in [-0.05, 0) is 66.7 Å². The lowest BCUT2D eigenvalue weighted by Gasteiger charge is -2.45. The summed E-state index contributed by atoms with van der Waals surface area (Å²) in [4.78, 5) is 14.1. The highest BCUT2D eigenvalue weighted by Crippen LogP contribution is 2.60. The van der Waals surface area contributed by atoms with Crippen molar-refractivity contribution >= 4 is 21.9 Å². The minimum Gasteiger partial charge on any atom is -0.458 e. The minimum absolute atomic E-state index is 0.0232. The van der Waals surface area contributed by atoms with Gasteiger partial charge in [0.2, 0.25) is 0 Å². The molecule has 0 aromatic heterocycles. The third-order valence-corrected chi connectivity index (χ3v) is 8.12. The Labute approximate surface area is 155 Å². The number of ether oxygens (including phenoxy) is 1. The third kappa shape index (κ3) is 2.71. The Bertz CT molecular complexity index is 576. The molecule has 0 aromatic rings. The maximum Gasteiger partial charge on any atom is 0.334 e. The van der Waals surface area contributed by atoms with Crippen molar-refractivity contribution in [1.29, 1.82) is 0 Å². The van der Waals surface area contributed by atoms with Crippen LogP contribution >= 0.6 is 15.9 Å². The molecule has 3 heteroatoms. The molecule has 2 aliphatic carbocycles. The lowest BCUT2D eigenvalue weighted by atomic mass is 9.60. The Balaban J connectivity index is 1.75. The molecule has 0 N–H and O–H groups in total. The predicted octanol–water partition coefficient (Wildman–Crippen LogP) is 6.02. The van der Waals surface area contributed by atoms with E-state index in [0.717, 1.165) is 12.3 Å². The Morgan fingerprint density at radius 2 is 2.08 bits per heavy atom. The van der Waals surface area contributed by atoms with Gasteiger partial charge in [-0.2, -0.15) is 0 Å². The van der Waals surface area contributed by atoms with E-state index in [4.69, 9.17) is 4.74 Å². The van der Waals surface area contributed by atoms with E-state index in [1.807, 2.05) is 0 Å². The Kier molecular flexibility index (Phi) is 4.79. The average molecular weight is 395 g/mol. The largest absolute Gasteiger partial charge is 0.458 e. The van der Waals surface area contributed by atoms with E-state index < -0.39 is 0 Å². The maximum absolute atomic E-state index is 11.9. The van der Waals surface area contributed by atoms with Gasteiger partial charge in [0.05, 0.1) is 0 Å². The summed E-state index contributed by atoms with van der Waals surface area (Å²) in [5, 5.41) is 0. The summed E-state index contributed by atoms with van der Waals surface area (Å²) in [6, 6.07) is 0. The fraction of sp³-hybridized carbons (Fsp3) is 0.762. The molecule has 2 saturated carbocycles. The number of halogens is 1. The van der Waals surface area contributed by atoms with Crippen LogP contribution in [-0.2, 0) is 9.53 Å². The highest BCUT2D eigenvalue weighted by atomic mass is 79.9. The monoisotopic (exact) mass is 394 g/mol. The van der Waals surface area contributed by atoms with Gasteiger partial charge in [0.15, 0.2) is 0 Å². The zero-order valence-electron chi connectivity index (χ0n) is 15.5. The minimum atomic E-state index is -0.238. The normalized spacial score (nSPS) is 41.4. The summed E-state index contributed by atoms with van der Waals surface area (Å²) in [7, 11) is 0. The second-order valence-corrected chi connectivity index (χ2v) is 9.54. The van der Waals surface area contributed by atoms with Gasteiger partial charge in [-0.15, -0.1) is 0 Å². The number of cyclic esters (lactones) is 1. The molecule has 24 heavy (non-hydrogen) atoms. The van der Waals surface area contributed by atoms with Crippen LogP contribution in [-0.4, -0.2) is 12.1 Å². The van der Waals surface area contributed by atoms with Gasteiger partial charge < -0.3 is 4.74 Å². The molecule has 2 nitrogen and oxygen atoms in total. The molecule has 3 fully saturated rings.